The monoisotopic (exact) mass is 598 g/mol. The molecule has 220 valence electrons. The van der Waals surface area contributed by atoms with Crippen LogP contribution in [-0.2, 0) is 14.3 Å². The van der Waals surface area contributed by atoms with Gasteiger partial charge in [0, 0.05) is 41.6 Å². The number of nitrogens with zero attached hydrogens (tertiary/aromatic N) is 2. The highest BCUT2D eigenvalue weighted by atomic mass is 32.2. The van der Waals surface area contributed by atoms with Crippen LogP contribution in [0.25, 0.3) is 6.08 Å². The van der Waals surface area contributed by atoms with Crippen molar-refractivity contribution in [2.75, 3.05) is 18.6 Å². The van der Waals surface area contributed by atoms with Crippen LogP contribution in [0.3, 0.4) is 0 Å². The van der Waals surface area contributed by atoms with Crippen molar-refractivity contribution >= 4 is 53.6 Å². The number of thiol groups is 1. The number of carbonyl (C=O) groups excluding carboxylic acids is 2. The predicted octanol–water partition coefficient (Wildman–Crippen LogP) is 5.11. The van der Waals surface area contributed by atoms with Gasteiger partial charge in [-0.25, -0.2) is 4.98 Å². The van der Waals surface area contributed by atoms with Crippen molar-refractivity contribution < 1.29 is 24.5 Å². The molecule has 2 fully saturated rings. The number of aromatic nitrogens is 1. The fourth-order valence-electron chi connectivity index (χ4n) is 6.05. The summed E-state index contributed by atoms with van der Waals surface area (Å²) in [6, 6.07) is 0.220. The lowest BCUT2D eigenvalue weighted by atomic mass is 9.73. The van der Waals surface area contributed by atoms with E-state index in [2.05, 4.69) is 29.4 Å². The molecule has 0 aliphatic carbocycles. The number of ketones is 1. The van der Waals surface area contributed by atoms with Gasteiger partial charge < -0.3 is 14.9 Å². The van der Waals surface area contributed by atoms with Crippen molar-refractivity contribution in [2.45, 2.75) is 108 Å². The Bertz CT molecular complexity index is 1040. The molecule has 0 radical (unpaired) electrons. The van der Waals surface area contributed by atoms with Crippen LogP contribution < -0.4 is 0 Å². The number of carbonyl (C=O) groups is 2. The zero-order chi connectivity index (χ0) is 29.1. The Balaban J connectivity index is 1.93. The SMILES string of the molecule is CSc1nc(/C=C(\C)[C@@H]2C[C@@H]3N(CCS)[C@]3(C)CCC[C@H](C)[C@H](O)[C@@H](C)C(=O)C(C)(C)[C@@H](O)CC(=O)O2)cs1. The number of hydrogen-bond acceptors (Lipinski definition) is 10. The van der Waals surface area contributed by atoms with Crippen molar-refractivity contribution in [3.8, 4) is 0 Å². The van der Waals surface area contributed by atoms with Gasteiger partial charge >= 0.3 is 5.97 Å². The fourth-order valence-corrected chi connectivity index (χ4v) is 7.49. The van der Waals surface area contributed by atoms with Crippen LogP contribution in [-0.4, -0.2) is 80.3 Å². The third kappa shape index (κ3) is 7.49. The number of cyclic esters (lactones) is 1. The minimum Gasteiger partial charge on any atom is -0.458 e. The lowest BCUT2D eigenvalue weighted by Gasteiger charge is -2.34. The van der Waals surface area contributed by atoms with E-state index in [4.69, 9.17) is 4.74 Å². The average Bonchev–Trinajstić information content (AvgIpc) is 3.19. The first kappa shape index (κ1) is 32.6. The topological polar surface area (TPSA) is 99.7 Å². The molecule has 3 rings (SSSR count). The van der Waals surface area contributed by atoms with E-state index in [1.807, 2.05) is 31.6 Å². The van der Waals surface area contributed by atoms with Gasteiger partial charge in [-0.1, -0.05) is 45.9 Å². The molecule has 0 spiro atoms. The molecule has 2 N–H and O–H groups in total. The molecule has 2 aliphatic heterocycles. The average molecular weight is 599 g/mol. The molecule has 0 aromatic carbocycles. The van der Waals surface area contributed by atoms with Crippen molar-refractivity contribution in [3.63, 3.8) is 0 Å². The molecule has 0 amide bonds. The summed E-state index contributed by atoms with van der Waals surface area (Å²) in [7, 11) is 0. The van der Waals surface area contributed by atoms with E-state index in [0.29, 0.717) is 6.42 Å². The molecule has 1 aromatic heterocycles. The molecule has 10 heteroatoms. The summed E-state index contributed by atoms with van der Waals surface area (Å²) in [5.41, 5.74) is 0.483. The molecule has 8 atom stereocenters. The summed E-state index contributed by atoms with van der Waals surface area (Å²) in [6.07, 6.45) is 4.45. The van der Waals surface area contributed by atoms with E-state index < -0.39 is 35.6 Å². The van der Waals surface area contributed by atoms with Gasteiger partial charge in [-0.2, -0.15) is 12.6 Å². The minimum atomic E-state index is -1.23. The first-order valence-electron chi connectivity index (χ1n) is 13.9. The molecule has 0 saturated carbocycles. The van der Waals surface area contributed by atoms with E-state index >= 15 is 0 Å². The van der Waals surface area contributed by atoms with Gasteiger partial charge in [-0.15, -0.1) is 11.3 Å². The van der Waals surface area contributed by atoms with E-state index in [1.54, 1.807) is 43.9 Å². The third-order valence-corrected chi connectivity index (χ3v) is 11.1. The molecular formula is C29H46N2O5S3. The summed E-state index contributed by atoms with van der Waals surface area (Å²) >= 11 is 7.66. The van der Waals surface area contributed by atoms with Crippen LogP contribution in [0, 0.1) is 17.3 Å². The number of hydrogen-bond donors (Lipinski definition) is 3. The van der Waals surface area contributed by atoms with Crippen LogP contribution in [0.4, 0.5) is 0 Å². The fraction of sp³-hybridized carbons (Fsp3) is 0.759. The van der Waals surface area contributed by atoms with Gasteiger partial charge in [0.05, 0.1) is 29.7 Å². The standard InChI is InChI=1S/C29H46N2O5S3/c1-17-9-8-10-29(6)22(31(29)11-12-37)14-21(18(2)13-20-16-39-27(30-20)38-7)36-24(33)15-23(32)28(4,5)26(35)19(3)25(17)34/h13,16-17,19,21-23,25,32,34,37H,8-12,14-15H2,1-7H3/b18-13+/t17-,19+,21-,22-,23-,25-,29+,31?/m0/s1. The Hall–Kier alpha value is -0.910. The van der Waals surface area contributed by atoms with Gasteiger partial charge in [-0.05, 0) is 50.5 Å². The van der Waals surface area contributed by atoms with Gasteiger partial charge in [0.15, 0.2) is 0 Å². The first-order chi connectivity index (χ1) is 18.3. The Morgan fingerprint density at radius 2 is 2.00 bits per heavy atom. The molecule has 39 heavy (non-hydrogen) atoms. The van der Waals surface area contributed by atoms with Crippen LogP contribution in [0.1, 0.15) is 79.3 Å². The van der Waals surface area contributed by atoms with Gasteiger partial charge in [0.25, 0.3) is 0 Å². The number of thiazole rings is 1. The largest absolute Gasteiger partial charge is 0.458 e. The molecule has 2 saturated heterocycles. The number of aliphatic hydroxyl groups is 2. The zero-order valence-electron chi connectivity index (χ0n) is 24.3. The Kier molecular flexibility index (Phi) is 11.2. The highest BCUT2D eigenvalue weighted by Crippen LogP contribution is 2.48. The highest BCUT2D eigenvalue weighted by Gasteiger charge is 2.58. The molecule has 0 bridgehead atoms. The maximum absolute atomic E-state index is 13.4. The number of fused-ring (bicyclic) bond motifs is 1. The Morgan fingerprint density at radius 3 is 2.62 bits per heavy atom. The number of ether oxygens (including phenoxy) is 1. The zero-order valence-corrected chi connectivity index (χ0v) is 26.9. The van der Waals surface area contributed by atoms with Crippen molar-refractivity contribution in [1.29, 1.82) is 0 Å². The van der Waals surface area contributed by atoms with E-state index in [9.17, 15) is 19.8 Å². The summed E-state index contributed by atoms with van der Waals surface area (Å²) < 4.78 is 7.02. The first-order valence-corrected chi connectivity index (χ1v) is 16.6. The second-order valence-electron chi connectivity index (χ2n) is 12.1. The maximum atomic E-state index is 13.4. The molecule has 1 aromatic rings. The Labute approximate surface area is 247 Å². The number of Topliss-reactive ketones (excluding diaryl/α,β-unsaturated/α-hetero) is 1. The minimum absolute atomic E-state index is 0.0506. The second kappa shape index (κ2) is 13.4. The number of esters is 1. The smallest absolute Gasteiger partial charge is 0.309 e. The molecular weight excluding hydrogens is 553 g/mol. The van der Waals surface area contributed by atoms with Crippen molar-refractivity contribution in [2.24, 2.45) is 17.3 Å². The van der Waals surface area contributed by atoms with Gasteiger partial charge in [-0.3, -0.25) is 14.5 Å². The van der Waals surface area contributed by atoms with Crippen LogP contribution >= 0.6 is 35.7 Å². The van der Waals surface area contributed by atoms with E-state index in [-0.39, 0.29) is 29.7 Å². The highest BCUT2D eigenvalue weighted by molar-refractivity contribution is 8.00. The van der Waals surface area contributed by atoms with Gasteiger partial charge in [0.2, 0.25) is 0 Å². The number of thioether (sulfide) groups is 1. The molecule has 1 unspecified atom stereocenters. The molecule has 2 aliphatic rings. The van der Waals surface area contributed by atoms with Crippen molar-refractivity contribution in [3.05, 3.63) is 16.6 Å². The lowest BCUT2D eigenvalue weighted by molar-refractivity contribution is -0.154. The van der Waals surface area contributed by atoms with Gasteiger partial charge in [0.1, 0.15) is 16.2 Å². The normalized spacial score (nSPS) is 36.8. The van der Waals surface area contributed by atoms with E-state index in [0.717, 1.165) is 47.2 Å². The van der Waals surface area contributed by atoms with Crippen LogP contribution in [0.15, 0.2) is 15.3 Å². The summed E-state index contributed by atoms with van der Waals surface area (Å²) in [6.45, 7) is 12.1. The summed E-state index contributed by atoms with van der Waals surface area (Å²) in [5, 5.41) is 24.0. The number of rotatable bonds is 5. The third-order valence-electron chi connectivity index (χ3n) is 8.97. The van der Waals surface area contributed by atoms with E-state index in [1.165, 1.54) is 0 Å². The molecule has 3 heterocycles. The maximum Gasteiger partial charge on any atom is 0.309 e. The van der Waals surface area contributed by atoms with Crippen LogP contribution in [0.5, 0.6) is 0 Å². The lowest BCUT2D eigenvalue weighted by Crippen LogP contribution is -2.45. The summed E-state index contributed by atoms with van der Waals surface area (Å²) in [5.74, 6) is -0.764. The Morgan fingerprint density at radius 1 is 1.31 bits per heavy atom. The molecule has 7 nitrogen and oxygen atoms in total. The summed E-state index contributed by atoms with van der Waals surface area (Å²) in [4.78, 5) is 33.6. The predicted molar refractivity (Wildman–Crippen MR) is 162 cm³/mol. The second-order valence-corrected chi connectivity index (χ2v) is 14.4. The number of aliphatic hydroxyl groups excluding tert-OH is 2. The van der Waals surface area contributed by atoms with Crippen LogP contribution in [0.2, 0.25) is 0 Å². The van der Waals surface area contributed by atoms with Crippen molar-refractivity contribution in [1.82, 2.24) is 9.88 Å². The quantitative estimate of drug-likeness (QED) is 0.186.